The Labute approximate surface area is 318 Å². The highest BCUT2D eigenvalue weighted by Gasteiger charge is 2.28. The summed E-state index contributed by atoms with van der Waals surface area (Å²) in [5.74, 6) is -2.48. The molecule has 0 amide bonds. The van der Waals surface area contributed by atoms with E-state index in [0.29, 0.717) is 19.3 Å². The second kappa shape index (κ2) is 35.1. The predicted molar refractivity (Wildman–Crippen MR) is 209 cm³/mol. The van der Waals surface area contributed by atoms with Crippen LogP contribution in [0, 0.1) is 0 Å². The van der Waals surface area contributed by atoms with E-state index in [2.05, 4.69) is 47.9 Å². The van der Waals surface area contributed by atoms with Crippen LogP contribution in [0.5, 0.6) is 0 Å². The number of hydrogen-bond acceptors (Lipinski definition) is 10. The monoisotopic (exact) mass is 771 g/mol. The summed E-state index contributed by atoms with van der Waals surface area (Å²) in [7, 11) is -4.73. The zero-order chi connectivity index (χ0) is 39.4. The van der Waals surface area contributed by atoms with Crippen LogP contribution in [0.25, 0.3) is 0 Å². The number of rotatable bonds is 36. The number of esters is 2. The van der Waals surface area contributed by atoms with Crippen molar-refractivity contribution in [3.8, 4) is 0 Å². The van der Waals surface area contributed by atoms with Gasteiger partial charge in [-0.2, -0.15) is 0 Å². The topological polar surface area (TPSA) is 192 Å². The molecule has 12 nitrogen and oxygen atoms in total. The highest BCUT2D eigenvalue weighted by Crippen LogP contribution is 2.43. The van der Waals surface area contributed by atoms with Crippen molar-refractivity contribution < 1.29 is 52.6 Å². The average Bonchev–Trinajstić information content (AvgIpc) is 3.13. The minimum absolute atomic E-state index is 0.132. The number of hydrogen-bond donors (Lipinski definition) is 4. The van der Waals surface area contributed by atoms with E-state index < -0.39 is 51.1 Å². The van der Waals surface area contributed by atoms with E-state index in [1.54, 1.807) is 0 Å². The lowest BCUT2D eigenvalue weighted by molar-refractivity contribution is -0.161. The first-order valence-electron chi connectivity index (χ1n) is 19.7. The molecule has 0 saturated heterocycles. The summed E-state index contributed by atoms with van der Waals surface area (Å²) in [6.45, 7) is 2.43. The van der Waals surface area contributed by atoms with Crippen molar-refractivity contribution in [2.24, 2.45) is 5.73 Å². The number of nitrogens with two attached hydrogens (primary N) is 1. The maximum Gasteiger partial charge on any atom is 0.472 e. The Morgan fingerprint density at radius 2 is 1.15 bits per heavy atom. The van der Waals surface area contributed by atoms with Crippen LogP contribution >= 0.6 is 7.82 Å². The molecule has 0 aliphatic heterocycles. The first-order valence-corrected chi connectivity index (χ1v) is 21.2. The third kappa shape index (κ3) is 34.9. The number of aliphatic hydroxyl groups excluding tert-OH is 1. The molecule has 0 saturated carbocycles. The van der Waals surface area contributed by atoms with Crippen molar-refractivity contribution in [3.63, 3.8) is 0 Å². The SMILES string of the molecule is CCCCCCCCCCCCCC(=O)O[C@H](COC(=O)CCC/C=C\C/C=C\C/C=C\C/C=C\CC[C@@H](O)CC)COP(=O)(O)OC[C@H](N)C(=O)O. The summed E-state index contributed by atoms with van der Waals surface area (Å²) in [4.78, 5) is 45.7. The summed E-state index contributed by atoms with van der Waals surface area (Å²) in [6, 6.07) is -1.53. The van der Waals surface area contributed by atoms with Gasteiger partial charge in [0.05, 0.1) is 19.3 Å². The van der Waals surface area contributed by atoms with Gasteiger partial charge in [0, 0.05) is 12.8 Å². The van der Waals surface area contributed by atoms with Gasteiger partial charge in [0.15, 0.2) is 6.10 Å². The van der Waals surface area contributed by atoms with E-state index in [9.17, 15) is 28.9 Å². The predicted octanol–water partition coefficient (Wildman–Crippen LogP) is 8.80. The first kappa shape index (κ1) is 50.4. The largest absolute Gasteiger partial charge is 0.480 e. The molecule has 0 aliphatic rings. The van der Waals surface area contributed by atoms with Crippen LogP contribution in [-0.4, -0.2) is 71.1 Å². The van der Waals surface area contributed by atoms with Crippen molar-refractivity contribution >= 4 is 25.7 Å². The molecule has 5 N–H and O–H groups in total. The Kier molecular flexibility index (Phi) is 33.4. The quantitative estimate of drug-likeness (QED) is 0.0205. The highest BCUT2D eigenvalue weighted by atomic mass is 31.2. The smallest absolute Gasteiger partial charge is 0.472 e. The number of phosphoric ester groups is 1. The number of carboxylic acids is 1. The zero-order valence-electron chi connectivity index (χ0n) is 32.5. The van der Waals surface area contributed by atoms with Crippen LogP contribution in [0.3, 0.4) is 0 Å². The van der Waals surface area contributed by atoms with Gasteiger partial charge in [0.25, 0.3) is 0 Å². The van der Waals surface area contributed by atoms with Gasteiger partial charge in [-0.25, -0.2) is 4.57 Å². The lowest BCUT2D eigenvalue weighted by Gasteiger charge is -2.20. The van der Waals surface area contributed by atoms with Crippen LogP contribution in [0.1, 0.15) is 149 Å². The van der Waals surface area contributed by atoms with Crippen LogP contribution in [0.4, 0.5) is 0 Å². The van der Waals surface area contributed by atoms with E-state index in [0.717, 1.165) is 57.8 Å². The van der Waals surface area contributed by atoms with Crippen molar-refractivity contribution in [2.75, 3.05) is 19.8 Å². The molecule has 306 valence electrons. The molecular weight excluding hydrogens is 701 g/mol. The first-order chi connectivity index (χ1) is 25.5. The second-order valence-corrected chi connectivity index (χ2v) is 14.7. The third-order valence-corrected chi connectivity index (χ3v) is 9.19. The van der Waals surface area contributed by atoms with Crippen LogP contribution in [0.15, 0.2) is 48.6 Å². The fraction of sp³-hybridized carbons (Fsp3) is 0.725. The number of aliphatic hydroxyl groups is 1. The van der Waals surface area contributed by atoms with Gasteiger partial charge in [0.2, 0.25) is 0 Å². The van der Waals surface area contributed by atoms with Gasteiger partial charge in [-0.3, -0.25) is 23.4 Å². The van der Waals surface area contributed by atoms with Gasteiger partial charge in [-0.15, -0.1) is 0 Å². The molecule has 0 aliphatic carbocycles. The van der Waals surface area contributed by atoms with Gasteiger partial charge < -0.3 is 30.3 Å². The van der Waals surface area contributed by atoms with E-state index >= 15 is 0 Å². The van der Waals surface area contributed by atoms with Crippen molar-refractivity contribution in [2.45, 2.75) is 167 Å². The molecule has 4 atom stereocenters. The van der Waals surface area contributed by atoms with Crippen LogP contribution in [-0.2, 0) is 37.5 Å². The van der Waals surface area contributed by atoms with Gasteiger partial charge >= 0.3 is 25.7 Å². The molecule has 0 spiro atoms. The van der Waals surface area contributed by atoms with E-state index in [4.69, 9.17) is 24.8 Å². The Bertz CT molecular complexity index is 1110. The maximum atomic E-state index is 12.5. The fourth-order valence-corrected chi connectivity index (χ4v) is 5.70. The third-order valence-electron chi connectivity index (χ3n) is 8.24. The van der Waals surface area contributed by atoms with E-state index in [-0.39, 0.29) is 25.6 Å². The molecule has 13 heteroatoms. The molecular formula is C40H70NO11P. The number of carbonyl (C=O) groups excluding carboxylic acids is 2. The molecule has 0 bridgehead atoms. The lowest BCUT2D eigenvalue weighted by Crippen LogP contribution is -2.34. The molecule has 53 heavy (non-hydrogen) atoms. The normalized spacial score (nSPS) is 15.0. The fourth-order valence-electron chi connectivity index (χ4n) is 4.92. The molecule has 0 fully saturated rings. The van der Waals surface area contributed by atoms with Crippen LogP contribution in [0.2, 0.25) is 0 Å². The summed E-state index contributed by atoms with van der Waals surface area (Å²) >= 11 is 0. The molecule has 0 radical (unpaired) electrons. The number of carboxylic acid groups (broad SMARTS) is 1. The minimum Gasteiger partial charge on any atom is -0.480 e. The summed E-state index contributed by atoms with van der Waals surface area (Å²) in [5.41, 5.74) is 5.31. The number of carbonyl (C=O) groups is 3. The number of unbranched alkanes of at least 4 members (excludes halogenated alkanes) is 11. The Balaban J connectivity index is 4.51. The lowest BCUT2D eigenvalue weighted by atomic mass is 10.1. The molecule has 0 aromatic rings. The van der Waals surface area contributed by atoms with Crippen molar-refractivity contribution in [1.29, 1.82) is 0 Å². The van der Waals surface area contributed by atoms with Crippen molar-refractivity contribution in [1.82, 2.24) is 0 Å². The van der Waals surface area contributed by atoms with Crippen molar-refractivity contribution in [3.05, 3.63) is 48.6 Å². The van der Waals surface area contributed by atoms with E-state index in [1.165, 1.54) is 44.9 Å². The highest BCUT2D eigenvalue weighted by molar-refractivity contribution is 7.47. The summed E-state index contributed by atoms with van der Waals surface area (Å²) in [5, 5.41) is 18.4. The number of phosphoric acid groups is 1. The van der Waals surface area contributed by atoms with Gasteiger partial charge in [-0.05, 0) is 57.8 Å². The zero-order valence-corrected chi connectivity index (χ0v) is 33.3. The van der Waals surface area contributed by atoms with Gasteiger partial charge in [-0.1, -0.05) is 127 Å². The molecule has 0 aromatic carbocycles. The number of aliphatic carboxylic acids is 1. The van der Waals surface area contributed by atoms with Crippen LogP contribution < -0.4 is 5.73 Å². The minimum atomic E-state index is -4.73. The summed E-state index contributed by atoms with van der Waals surface area (Å²) in [6.07, 6.45) is 34.2. The standard InChI is InChI=1S/C40H70NO11P/c1-3-5-6-7-8-9-14-19-22-25-28-31-39(44)52-36(33-50-53(47,48)51-34-37(41)40(45)46)32-49-38(43)30-27-24-21-18-16-13-11-10-12-15-17-20-23-26-29-35(42)4-2/h11-13,15,18,20-21,23,35-37,42H,3-10,14,16-17,19,22,24-34,41H2,1-2H3,(H,45,46)(H,47,48)/b13-11-,15-12-,21-18-,23-20-/t35-,36+,37-/m0/s1. The molecule has 1 unspecified atom stereocenters. The summed E-state index contributed by atoms with van der Waals surface area (Å²) < 4.78 is 32.5. The number of allylic oxidation sites excluding steroid dienone is 8. The maximum absolute atomic E-state index is 12.5. The Morgan fingerprint density at radius 1 is 0.660 bits per heavy atom. The van der Waals surface area contributed by atoms with E-state index in [1.807, 2.05) is 19.1 Å². The Morgan fingerprint density at radius 3 is 1.70 bits per heavy atom. The average molecular weight is 772 g/mol. The molecule has 0 rings (SSSR count). The second-order valence-electron chi connectivity index (χ2n) is 13.2. The Hall–Kier alpha value is -2.60. The molecule has 0 heterocycles. The number of ether oxygens (including phenoxy) is 2. The van der Waals surface area contributed by atoms with Gasteiger partial charge in [0.1, 0.15) is 12.6 Å². The molecule has 0 aromatic heterocycles.